The standard InChI is InChI=1S/C25H23ClN4O2/c1-4-32-21-12-10-20(11-13-21)30-24(18-6-8-19(26)9-7-18)28-23(29-30)25(31)27-22-14-5-16(2)15-17(22)3/h5-15H,4H2,1-3H3,(H,27,31). The van der Waals surface area contributed by atoms with Crippen molar-refractivity contribution in [2.24, 2.45) is 0 Å². The molecule has 1 heterocycles. The molecular formula is C25H23ClN4O2. The quantitative estimate of drug-likeness (QED) is 0.403. The van der Waals surface area contributed by atoms with Gasteiger partial charge in [0.15, 0.2) is 5.82 Å². The highest BCUT2D eigenvalue weighted by atomic mass is 35.5. The Kier molecular flexibility index (Phi) is 6.23. The van der Waals surface area contributed by atoms with Gasteiger partial charge in [0.2, 0.25) is 5.82 Å². The number of anilines is 1. The summed E-state index contributed by atoms with van der Waals surface area (Å²) in [6.07, 6.45) is 0. The fourth-order valence-electron chi connectivity index (χ4n) is 3.36. The summed E-state index contributed by atoms with van der Waals surface area (Å²) < 4.78 is 7.18. The summed E-state index contributed by atoms with van der Waals surface area (Å²) in [5, 5.41) is 8.05. The van der Waals surface area contributed by atoms with Crippen LogP contribution in [0.2, 0.25) is 5.02 Å². The van der Waals surface area contributed by atoms with Crippen LogP contribution in [0.15, 0.2) is 66.7 Å². The first-order valence-corrected chi connectivity index (χ1v) is 10.7. The Hall–Kier alpha value is -3.64. The van der Waals surface area contributed by atoms with Gasteiger partial charge in [-0.05, 0) is 80.9 Å². The Balaban J connectivity index is 1.73. The molecule has 162 valence electrons. The largest absolute Gasteiger partial charge is 0.494 e. The highest BCUT2D eigenvalue weighted by Gasteiger charge is 2.19. The summed E-state index contributed by atoms with van der Waals surface area (Å²) in [6.45, 7) is 6.48. The van der Waals surface area contributed by atoms with Crippen LogP contribution >= 0.6 is 11.6 Å². The van der Waals surface area contributed by atoms with Crippen LogP contribution in [0.25, 0.3) is 17.1 Å². The van der Waals surface area contributed by atoms with Gasteiger partial charge in [-0.2, -0.15) is 0 Å². The van der Waals surface area contributed by atoms with E-state index in [4.69, 9.17) is 16.3 Å². The van der Waals surface area contributed by atoms with Crippen LogP contribution in [-0.2, 0) is 0 Å². The van der Waals surface area contributed by atoms with Gasteiger partial charge in [-0.25, -0.2) is 9.67 Å². The van der Waals surface area contributed by atoms with Gasteiger partial charge in [-0.1, -0.05) is 29.3 Å². The number of carbonyl (C=O) groups is 1. The number of nitrogens with zero attached hydrogens (tertiary/aromatic N) is 3. The average Bonchev–Trinajstić information content (AvgIpc) is 3.22. The summed E-state index contributed by atoms with van der Waals surface area (Å²) in [5.74, 6) is 0.995. The van der Waals surface area contributed by atoms with Gasteiger partial charge in [-0.3, -0.25) is 4.79 Å². The third kappa shape index (κ3) is 4.65. The van der Waals surface area contributed by atoms with E-state index < -0.39 is 0 Å². The number of hydrogen-bond acceptors (Lipinski definition) is 4. The normalized spacial score (nSPS) is 10.8. The first kappa shape index (κ1) is 21.6. The zero-order valence-electron chi connectivity index (χ0n) is 18.1. The molecule has 0 saturated carbocycles. The van der Waals surface area contributed by atoms with E-state index in [1.54, 1.807) is 16.8 Å². The lowest BCUT2D eigenvalue weighted by Crippen LogP contribution is -2.15. The van der Waals surface area contributed by atoms with E-state index in [2.05, 4.69) is 15.4 Å². The number of nitrogens with one attached hydrogen (secondary N) is 1. The Labute approximate surface area is 191 Å². The predicted octanol–water partition coefficient (Wildman–Crippen LogP) is 5.86. The van der Waals surface area contributed by atoms with E-state index in [1.807, 2.05) is 75.4 Å². The Morgan fingerprint density at radius 2 is 1.75 bits per heavy atom. The van der Waals surface area contributed by atoms with Gasteiger partial charge in [0.05, 0.1) is 12.3 Å². The molecular weight excluding hydrogens is 424 g/mol. The Bertz CT molecular complexity index is 1250. The molecule has 0 aliphatic heterocycles. The highest BCUT2D eigenvalue weighted by Crippen LogP contribution is 2.25. The minimum atomic E-state index is -0.378. The number of halogens is 1. The molecule has 0 atom stereocenters. The van der Waals surface area contributed by atoms with Crippen molar-refractivity contribution in [2.75, 3.05) is 11.9 Å². The maximum absolute atomic E-state index is 13.0. The van der Waals surface area contributed by atoms with Crippen LogP contribution in [0.1, 0.15) is 28.7 Å². The maximum Gasteiger partial charge on any atom is 0.295 e. The Morgan fingerprint density at radius 1 is 1.03 bits per heavy atom. The van der Waals surface area contributed by atoms with Crippen LogP contribution in [0.5, 0.6) is 5.75 Å². The van der Waals surface area contributed by atoms with E-state index in [0.717, 1.165) is 33.8 Å². The summed E-state index contributed by atoms with van der Waals surface area (Å²) in [4.78, 5) is 17.5. The molecule has 32 heavy (non-hydrogen) atoms. The van der Waals surface area contributed by atoms with E-state index in [0.29, 0.717) is 17.5 Å². The zero-order chi connectivity index (χ0) is 22.7. The number of rotatable bonds is 6. The van der Waals surface area contributed by atoms with Crippen molar-refractivity contribution in [2.45, 2.75) is 20.8 Å². The molecule has 7 heteroatoms. The third-order valence-corrected chi connectivity index (χ3v) is 5.19. The molecule has 6 nitrogen and oxygen atoms in total. The average molecular weight is 447 g/mol. The second kappa shape index (κ2) is 9.24. The predicted molar refractivity (Wildman–Crippen MR) is 127 cm³/mol. The first-order chi connectivity index (χ1) is 15.4. The molecule has 0 saturated heterocycles. The number of aryl methyl sites for hydroxylation is 2. The molecule has 0 aliphatic carbocycles. The van der Waals surface area contributed by atoms with Gasteiger partial charge in [0, 0.05) is 16.3 Å². The van der Waals surface area contributed by atoms with Gasteiger partial charge in [0.1, 0.15) is 5.75 Å². The monoisotopic (exact) mass is 446 g/mol. The molecule has 0 spiro atoms. The number of aromatic nitrogens is 3. The fourth-order valence-corrected chi connectivity index (χ4v) is 3.48. The molecule has 4 aromatic rings. The van der Waals surface area contributed by atoms with E-state index in [9.17, 15) is 4.79 Å². The van der Waals surface area contributed by atoms with E-state index >= 15 is 0 Å². The molecule has 3 aromatic carbocycles. The molecule has 1 amide bonds. The Morgan fingerprint density at radius 3 is 2.41 bits per heavy atom. The summed E-state index contributed by atoms with van der Waals surface area (Å²) >= 11 is 6.05. The SMILES string of the molecule is CCOc1ccc(-n2nc(C(=O)Nc3ccc(C)cc3C)nc2-c2ccc(Cl)cc2)cc1. The maximum atomic E-state index is 13.0. The molecule has 1 N–H and O–H groups in total. The van der Waals surface area contributed by atoms with Crippen molar-refractivity contribution in [3.63, 3.8) is 0 Å². The number of hydrogen-bond donors (Lipinski definition) is 1. The molecule has 0 radical (unpaired) electrons. The minimum absolute atomic E-state index is 0.0730. The van der Waals surface area contributed by atoms with Crippen molar-refractivity contribution >= 4 is 23.2 Å². The summed E-state index contributed by atoms with van der Waals surface area (Å²) in [6, 6.07) is 20.6. The molecule has 0 fully saturated rings. The van der Waals surface area contributed by atoms with Crippen molar-refractivity contribution in [3.05, 3.63) is 88.7 Å². The zero-order valence-corrected chi connectivity index (χ0v) is 18.8. The smallest absolute Gasteiger partial charge is 0.295 e. The van der Waals surface area contributed by atoms with Crippen LogP contribution in [0, 0.1) is 13.8 Å². The van der Waals surface area contributed by atoms with Crippen molar-refractivity contribution in [1.29, 1.82) is 0 Å². The van der Waals surface area contributed by atoms with Crippen LogP contribution < -0.4 is 10.1 Å². The van der Waals surface area contributed by atoms with Crippen molar-refractivity contribution in [3.8, 4) is 22.8 Å². The van der Waals surface area contributed by atoms with E-state index in [1.165, 1.54) is 0 Å². The first-order valence-electron chi connectivity index (χ1n) is 10.3. The van der Waals surface area contributed by atoms with E-state index in [-0.39, 0.29) is 11.7 Å². The van der Waals surface area contributed by atoms with Gasteiger partial charge in [0.25, 0.3) is 5.91 Å². The number of amides is 1. The van der Waals surface area contributed by atoms with Crippen LogP contribution in [0.4, 0.5) is 5.69 Å². The van der Waals surface area contributed by atoms with Crippen LogP contribution in [0.3, 0.4) is 0 Å². The number of benzene rings is 3. The summed E-state index contributed by atoms with van der Waals surface area (Å²) in [7, 11) is 0. The molecule has 0 unspecified atom stereocenters. The third-order valence-electron chi connectivity index (χ3n) is 4.94. The lowest BCUT2D eigenvalue weighted by atomic mass is 10.1. The van der Waals surface area contributed by atoms with Crippen LogP contribution in [-0.4, -0.2) is 27.3 Å². The van der Waals surface area contributed by atoms with Crippen molar-refractivity contribution in [1.82, 2.24) is 14.8 Å². The molecule has 0 bridgehead atoms. The lowest BCUT2D eigenvalue weighted by Gasteiger charge is -2.08. The summed E-state index contributed by atoms with van der Waals surface area (Å²) in [5.41, 5.74) is 4.38. The molecule has 1 aromatic heterocycles. The molecule has 0 aliphatic rings. The van der Waals surface area contributed by atoms with Crippen molar-refractivity contribution < 1.29 is 9.53 Å². The second-order valence-corrected chi connectivity index (χ2v) is 7.81. The number of ether oxygens (including phenoxy) is 1. The molecule has 4 rings (SSSR count). The highest BCUT2D eigenvalue weighted by molar-refractivity contribution is 6.30. The van der Waals surface area contributed by atoms with Gasteiger partial charge in [-0.15, -0.1) is 5.10 Å². The fraction of sp³-hybridized carbons (Fsp3) is 0.160. The second-order valence-electron chi connectivity index (χ2n) is 7.38. The lowest BCUT2D eigenvalue weighted by molar-refractivity contribution is 0.101. The minimum Gasteiger partial charge on any atom is -0.494 e. The topological polar surface area (TPSA) is 69.0 Å². The van der Waals surface area contributed by atoms with Gasteiger partial charge >= 0.3 is 0 Å². The van der Waals surface area contributed by atoms with Gasteiger partial charge < -0.3 is 10.1 Å². The number of carbonyl (C=O) groups excluding carboxylic acids is 1.